The van der Waals surface area contributed by atoms with Crippen molar-refractivity contribution in [3.8, 4) is 0 Å². The van der Waals surface area contributed by atoms with Crippen molar-refractivity contribution in [1.82, 2.24) is 4.90 Å². The highest BCUT2D eigenvalue weighted by molar-refractivity contribution is 9.10. The summed E-state index contributed by atoms with van der Waals surface area (Å²) in [5.74, 6) is -0.779. The van der Waals surface area contributed by atoms with Gasteiger partial charge in [0, 0.05) is 16.7 Å². The summed E-state index contributed by atoms with van der Waals surface area (Å²) in [4.78, 5) is 25.7. The Kier molecular flexibility index (Phi) is 4.98. The Labute approximate surface area is 134 Å². The molecule has 1 aromatic heterocycles. The fourth-order valence-electron chi connectivity index (χ4n) is 1.82. The van der Waals surface area contributed by atoms with E-state index in [-0.39, 0.29) is 12.5 Å². The van der Waals surface area contributed by atoms with Crippen LogP contribution in [0.5, 0.6) is 0 Å². The zero-order chi connectivity index (χ0) is 15.4. The van der Waals surface area contributed by atoms with E-state index in [0.717, 1.165) is 5.56 Å². The molecule has 0 saturated carbocycles. The van der Waals surface area contributed by atoms with Crippen LogP contribution in [0, 0.1) is 0 Å². The summed E-state index contributed by atoms with van der Waals surface area (Å²) in [5.41, 5.74) is 12.4. The minimum absolute atomic E-state index is 0.131. The van der Waals surface area contributed by atoms with Crippen LogP contribution in [0.25, 0.3) is 0 Å². The van der Waals surface area contributed by atoms with Crippen LogP contribution in [0.15, 0.2) is 40.2 Å². The van der Waals surface area contributed by atoms with Gasteiger partial charge in [-0.05, 0) is 45.1 Å². The normalized spacial score (nSPS) is 10.3. The predicted molar refractivity (Wildman–Crippen MR) is 86.8 cm³/mol. The van der Waals surface area contributed by atoms with E-state index < -0.39 is 5.91 Å². The average molecular weight is 368 g/mol. The minimum Gasteiger partial charge on any atom is -0.399 e. The third-order valence-electron chi connectivity index (χ3n) is 2.80. The van der Waals surface area contributed by atoms with Crippen LogP contribution in [0.3, 0.4) is 0 Å². The van der Waals surface area contributed by atoms with Crippen molar-refractivity contribution in [3.05, 3.63) is 50.6 Å². The first kappa shape index (κ1) is 15.5. The van der Waals surface area contributed by atoms with E-state index >= 15 is 0 Å². The fourth-order valence-corrected chi connectivity index (χ4v) is 3.33. The number of nitrogens with two attached hydrogens (primary N) is 2. The van der Waals surface area contributed by atoms with E-state index in [1.54, 1.807) is 18.2 Å². The van der Waals surface area contributed by atoms with Crippen molar-refractivity contribution < 1.29 is 9.59 Å². The summed E-state index contributed by atoms with van der Waals surface area (Å²) in [5, 5.41) is 1.81. The van der Waals surface area contributed by atoms with Crippen LogP contribution in [-0.2, 0) is 11.3 Å². The zero-order valence-corrected chi connectivity index (χ0v) is 13.5. The van der Waals surface area contributed by atoms with Gasteiger partial charge in [-0.3, -0.25) is 9.59 Å². The molecule has 0 saturated heterocycles. The third kappa shape index (κ3) is 4.05. The molecule has 21 heavy (non-hydrogen) atoms. The quantitative estimate of drug-likeness (QED) is 0.793. The number of halogens is 1. The molecule has 110 valence electrons. The van der Waals surface area contributed by atoms with Crippen molar-refractivity contribution in [3.63, 3.8) is 0 Å². The van der Waals surface area contributed by atoms with Crippen molar-refractivity contribution in [2.24, 2.45) is 5.73 Å². The van der Waals surface area contributed by atoms with Crippen LogP contribution >= 0.6 is 27.3 Å². The van der Waals surface area contributed by atoms with Gasteiger partial charge < -0.3 is 16.4 Å². The van der Waals surface area contributed by atoms with Crippen LogP contribution < -0.4 is 11.5 Å². The van der Waals surface area contributed by atoms with Gasteiger partial charge in [-0.1, -0.05) is 12.1 Å². The van der Waals surface area contributed by atoms with Gasteiger partial charge in [0.1, 0.15) is 11.4 Å². The van der Waals surface area contributed by atoms with Crippen LogP contribution in [-0.4, -0.2) is 23.3 Å². The van der Waals surface area contributed by atoms with Gasteiger partial charge in [0.05, 0.1) is 0 Å². The lowest BCUT2D eigenvalue weighted by Gasteiger charge is -2.21. The summed E-state index contributed by atoms with van der Waals surface area (Å²) in [6.45, 7) is 0.167. The molecule has 0 spiro atoms. The second kappa shape index (κ2) is 6.73. The highest BCUT2D eigenvalue weighted by atomic mass is 79.9. The number of carbonyl (C=O) groups excluding carboxylic acids is 2. The Bertz CT molecular complexity index is 654. The smallest absolute Gasteiger partial charge is 0.265 e. The SMILES string of the molecule is NC(=O)CN(Cc1ccc(N)cc1)C(=O)c1sccc1Br. The Morgan fingerprint density at radius 3 is 2.38 bits per heavy atom. The highest BCUT2D eigenvalue weighted by Gasteiger charge is 2.21. The maximum atomic E-state index is 12.5. The Morgan fingerprint density at radius 1 is 1.19 bits per heavy atom. The first-order valence-corrected chi connectivity index (χ1v) is 7.79. The minimum atomic E-state index is -0.550. The molecule has 4 N–H and O–H groups in total. The number of anilines is 1. The number of primary amides is 1. The number of hydrogen-bond donors (Lipinski definition) is 2. The number of rotatable bonds is 5. The van der Waals surface area contributed by atoms with E-state index in [1.807, 2.05) is 17.5 Å². The summed E-state index contributed by atoms with van der Waals surface area (Å²) < 4.78 is 0.712. The lowest BCUT2D eigenvalue weighted by Crippen LogP contribution is -2.37. The molecule has 2 aromatic rings. The topological polar surface area (TPSA) is 89.4 Å². The lowest BCUT2D eigenvalue weighted by atomic mass is 10.2. The van der Waals surface area contributed by atoms with Gasteiger partial charge >= 0.3 is 0 Å². The van der Waals surface area contributed by atoms with Crippen molar-refractivity contribution >= 4 is 44.8 Å². The number of carbonyl (C=O) groups is 2. The summed E-state index contributed by atoms with van der Waals surface area (Å²) in [7, 11) is 0. The van der Waals surface area contributed by atoms with Gasteiger partial charge in [0.2, 0.25) is 5.91 Å². The monoisotopic (exact) mass is 367 g/mol. The molecule has 1 heterocycles. The average Bonchev–Trinajstić information content (AvgIpc) is 2.85. The molecular weight excluding hydrogens is 354 g/mol. The standard InChI is InChI=1S/C14H14BrN3O2S/c15-11-5-6-21-13(11)14(20)18(8-12(17)19)7-9-1-3-10(16)4-2-9/h1-6H,7-8,16H2,(H2,17,19). The predicted octanol–water partition coefficient (Wildman–Crippen LogP) is 2.22. The van der Waals surface area contributed by atoms with Gasteiger partial charge in [0.15, 0.2) is 0 Å². The second-order valence-corrected chi connectivity index (χ2v) is 6.24. The van der Waals surface area contributed by atoms with Crippen LogP contribution in [0.4, 0.5) is 5.69 Å². The molecule has 0 fully saturated rings. The molecule has 2 rings (SSSR count). The number of amides is 2. The Morgan fingerprint density at radius 2 is 1.86 bits per heavy atom. The van der Waals surface area contributed by atoms with Crippen LogP contribution in [0.1, 0.15) is 15.2 Å². The molecule has 0 bridgehead atoms. The molecule has 0 unspecified atom stereocenters. The zero-order valence-electron chi connectivity index (χ0n) is 11.1. The number of nitrogen functional groups attached to an aromatic ring is 1. The molecule has 0 atom stereocenters. The molecular formula is C14H14BrN3O2S. The Hall–Kier alpha value is -1.86. The third-order valence-corrected chi connectivity index (χ3v) is 4.62. The number of nitrogens with zero attached hydrogens (tertiary/aromatic N) is 1. The fraction of sp³-hybridized carbons (Fsp3) is 0.143. The summed E-state index contributed by atoms with van der Waals surface area (Å²) >= 11 is 4.64. The van der Waals surface area contributed by atoms with Crippen molar-refractivity contribution in [2.45, 2.75) is 6.54 Å². The van der Waals surface area contributed by atoms with Gasteiger partial charge in [0.25, 0.3) is 5.91 Å². The van der Waals surface area contributed by atoms with E-state index in [4.69, 9.17) is 11.5 Å². The van der Waals surface area contributed by atoms with E-state index in [9.17, 15) is 9.59 Å². The maximum Gasteiger partial charge on any atom is 0.265 e. The van der Waals surface area contributed by atoms with Crippen molar-refractivity contribution in [2.75, 3.05) is 12.3 Å². The molecule has 0 aliphatic rings. The lowest BCUT2D eigenvalue weighted by molar-refractivity contribution is -0.118. The van der Waals surface area contributed by atoms with Gasteiger partial charge in [-0.25, -0.2) is 0 Å². The number of benzene rings is 1. The maximum absolute atomic E-state index is 12.5. The Balaban J connectivity index is 2.22. The molecule has 0 aliphatic carbocycles. The molecule has 1 aromatic carbocycles. The second-order valence-electron chi connectivity index (χ2n) is 4.47. The molecule has 2 amide bonds. The summed E-state index contributed by atoms with van der Waals surface area (Å²) in [6, 6.07) is 8.94. The summed E-state index contributed by atoms with van der Waals surface area (Å²) in [6.07, 6.45) is 0. The van der Waals surface area contributed by atoms with Crippen molar-refractivity contribution in [1.29, 1.82) is 0 Å². The number of hydrogen-bond acceptors (Lipinski definition) is 4. The van der Waals surface area contributed by atoms with E-state index in [2.05, 4.69) is 15.9 Å². The van der Waals surface area contributed by atoms with E-state index in [0.29, 0.717) is 21.6 Å². The van der Waals surface area contributed by atoms with Crippen LogP contribution in [0.2, 0.25) is 0 Å². The van der Waals surface area contributed by atoms with Gasteiger partial charge in [-0.2, -0.15) is 0 Å². The first-order valence-electron chi connectivity index (χ1n) is 6.12. The van der Waals surface area contributed by atoms with E-state index in [1.165, 1.54) is 16.2 Å². The first-order chi connectivity index (χ1) is 9.97. The highest BCUT2D eigenvalue weighted by Crippen LogP contribution is 2.25. The van der Waals surface area contributed by atoms with Gasteiger partial charge in [-0.15, -0.1) is 11.3 Å². The molecule has 5 nitrogen and oxygen atoms in total. The molecule has 0 aliphatic heterocycles. The number of thiophene rings is 1. The largest absolute Gasteiger partial charge is 0.399 e. The molecule has 0 radical (unpaired) electrons. The molecule has 7 heteroatoms.